The first-order valence-electron chi connectivity index (χ1n) is 6.19. The third-order valence-electron chi connectivity index (χ3n) is 3.46. The van der Waals surface area contributed by atoms with Crippen LogP contribution in [-0.2, 0) is 4.79 Å². The molecule has 2 aliphatic heterocycles. The van der Waals surface area contributed by atoms with Gasteiger partial charge in [0.15, 0.2) is 0 Å². The van der Waals surface area contributed by atoms with E-state index in [9.17, 15) is 4.79 Å². The topological polar surface area (TPSA) is 32.3 Å². The Bertz CT molecular complexity index is 453. The summed E-state index contributed by atoms with van der Waals surface area (Å²) in [5.41, 5.74) is 2.20. The van der Waals surface area contributed by atoms with Crippen molar-refractivity contribution in [3.05, 3.63) is 42.0 Å². The lowest BCUT2D eigenvalue weighted by atomic mass is 10.0. The molecule has 2 heterocycles. The molecule has 3 rings (SSSR count). The Morgan fingerprint density at radius 1 is 1.18 bits per heavy atom. The fourth-order valence-corrected chi connectivity index (χ4v) is 2.64. The number of carbonyl (C=O) groups excluding carboxylic acids is 1. The second-order valence-corrected chi connectivity index (χ2v) is 4.61. The molecule has 0 spiro atoms. The highest BCUT2D eigenvalue weighted by Gasteiger charge is 2.29. The highest BCUT2D eigenvalue weighted by atomic mass is 16.1. The van der Waals surface area contributed by atoms with E-state index in [1.165, 1.54) is 12.8 Å². The first-order valence-corrected chi connectivity index (χ1v) is 6.19. The summed E-state index contributed by atoms with van der Waals surface area (Å²) in [5, 5.41) is 3.03. The first kappa shape index (κ1) is 10.4. The molecule has 1 aromatic rings. The Balaban J connectivity index is 1.98. The van der Waals surface area contributed by atoms with Crippen LogP contribution in [0.2, 0.25) is 0 Å². The summed E-state index contributed by atoms with van der Waals surface area (Å²) >= 11 is 0. The SMILES string of the molecule is O=C1C=C(c2ccccc2)N2CCCCC2N1. The molecule has 1 fully saturated rings. The summed E-state index contributed by atoms with van der Waals surface area (Å²) < 4.78 is 0. The predicted octanol–water partition coefficient (Wildman–Crippen LogP) is 1.97. The van der Waals surface area contributed by atoms with E-state index in [1.807, 2.05) is 18.2 Å². The largest absolute Gasteiger partial charge is 0.351 e. The van der Waals surface area contributed by atoms with E-state index in [2.05, 4.69) is 22.3 Å². The standard InChI is InChI=1S/C14H16N2O/c17-14-10-12(11-6-2-1-3-7-11)16-9-5-4-8-13(16)15-14/h1-3,6-7,10,13H,4-5,8-9H2,(H,15,17). The Kier molecular flexibility index (Phi) is 2.59. The lowest BCUT2D eigenvalue weighted by Crippen LogP contribution is -2.52. The Hall–Kier alpha value is -1.77. The first-order chi connectivity index (χ1) is 8.34. The Morgan fingerprint density at radius 2 is 2.00 bits per heavy atom. The second-order valence-electron chi connectivity index (χ2n) is 4.61. The zero-order valence-electron chi connectivity index (χ0n) is 9.73. The number of nitrogens with zero attached hydrogens (tertiary/aromatic N) is 1. The predicted molar refractivity (Wildman–Crippen MR) is 66.9 cm³/mol. The van der Waals surface area contributed by atoms with E-state index >= 15 is 0 Å². The molecule has 3 heteroatoms. The molecular weight excluding hydrogens is 212 g/mol. The van der Waals surface area contributed by atoms with Gasteiger partial charge in [0.05, 0.1) is 5.70 Å². The minimum atomic E-state index is 0.0343. The molecule has 88 valence electrons. The quantitative estimate of drug-likeness (QED) is 0.797. The van der Waals surface area contributed by atoms with Crippen LogP contribution in [0, 0.1) is 0 Å². The summed E-state index contributed by atoms with van der Waals surface area (Å²) in [6.45, 7) is 1.03. The molecule has 1 saturated heterocycles. The van der Waals surface area contributed by atoms with Crippen LogP contribution in [0.3, 0.4) is 0 Å². The second kappa shape index (κ2) is 4.24. The van der Waals surface area contributed by atoms with E-state index in [0.29, 0.717) is 0 Å². The third-order valence-corrected chi connectivity index (χ3v) is 3.46. The van der Waals surface area contributed by atoms with Gasteiger partial charge in [-0.15, -0.1) is 0 Å². The van der Waals surface area contributed by atoms with Gasteiger partial charge >= 0.3 is 0 Å². The monoisotopic (exact) mass is 228 g/mol. The number of fused-ring (bicyclic) bond motifs is 1. The summed E-state index contributed by atoms with van der Waals surface area (Å²) in [6, 6.07) is 10.2. The molecule has 0 radical (unpaired) electrons. The van der Waals surface area contributed by atoms with Crippen LogP contribution >= 0.6 is 0 Å². The molecule has 1 amide bonds. The summed E-state index contributed by atoms with van der Waals surface area (Å²) in [5.74, 6) is 0.0343. The Morgan fingerprint density at radius 3 is 2.82 bits per heavy atom. The number of rotatable bonds is 1. The van der Waals surface area contributed by atoms with Crippen molar-refractivity contribution in [2.24, 2.45) is 0 Å². The average Bonchev–Trinajstić information content (AvgIpc) is 2.39. The number of amides is 1. The number of benzene rings is 1. The molecule has 0 aromatic heterocycles. The molecule has 2 aliphatic rings. The lowest BCUT2D eigenvalue weighted by Gasteiger charge is -2.41. The molecule has 0 bridgehead atoms. The summed E-state index contributed by atoms with van der Waals surface area (Å²) in [7, 11) is 0. The lowest BCUT2D eigenvalue weighted by molar-refractivity contribution is -0.119. The van der Waals surface area contributed by atoms with Gasteiger partial charge < -0.3 is 10.2 Å². The molecular formula is C14H16N2O. The molecule has 17 heavy (non-hydrogen) atoms. The molecule has 0 aliphatic carbocycles. The molecule has 1 N–H and O–H groups in total. The maximum atomic E-state index is 11.7. The van der Waals surface area contributed by atoms with Crippen molar-refractivity contribution < 1.29 is 4.79 Å². The van der Waals surface area contributed by atoms with Crippen LogP contribution in [0.25, 0.3) is 5.70 Å². The minimum absolute atomic E-state index is 0.0343. The number of hydrogen-bond acceptors (Lipinski definition) is 2. The van der Waals surface area contributed by atoms with Gasteiger partial charge in [-0.2, -0.15) is 0 Å². The smallest absolute Gasteiger partial charge is 0.247 e. The third kappa shape index (κ3) is 1.93. The van der Waals surface area contributed by atoms with Crippen LogP contribution in [0.1, 0.15) is 24.8 Å². The highest BCUT2D eigenvalue weighted by Crippen LogP contribution is 2.28. The number of nitrogens with one attached hydrogen (secondary N) is 1. The zero-order chi connectivity index (χ0) is 11.7. The van der Waals surface area contributed by atoms with Crippen molar-refractivity contribution in [2.45, 2.75) is 25.4 Å². The summed E-state index contributed by atoms with van der Waals surface area (Å²) in [6.07, 6.45) is 5.36. The van der Waals surface area contributed by atoms with E-state index in [-0.39, 0.29) is 12.1 Å². The maximum Gasteiger partial charge on any atom is 0.247 e. The van der Waals surface area contributed by atoms with Crippen LogP contribution in [0.15, 0.2) is 36.4 Å². The maximum absolute atomic E-state index is 11.7. The van der Waals surface area contributed by atoms with Crippen molar-refractivity contribution in [3.8, 4) is 0 Å². The molecule has 1 atom stereocenters. The Labute approximate surface area is 101 Å². The van der Waals surface area contributed by atoms with Crippen LogP contribution in [0.5, 0.6) is 0 Å². The van der Waals surface area contributed by atoms with Gasteiger partial charge in [-0.25, -0.2) is 0 Å². The van der Waals surface area contributed by atoms with Crippen molar-refractivity contribution in [1.82, 2.24) is 10.2 Å². The van der Waals surface area contributed by atoms with Crippen LogP contribution < -0.4 is 5.32 Å². The average molecular weight is 228 g/mol. The van der Waals surface area contributed by atoms with E-state index < -0.39 is 0 Å². The fourth-order valence-electron chi connectivity index (χ4n) is 2.64. The normalized spacial score (nSPS) is 23.8. The minimum Gasteiger partial charge on any atom is -0.351 e. The molecule has 1 unspecified atom stereocenters. The van der Waals surface area contributed by atoms with Crippen LogP contribution in [-0.4, -0.2) is 23.5 Å². The fraction of sp³-hybridized carbons (Fsp3) is 0.357. The van der Waals surface area contributed by atoms with Gasteiger partial charge in [0, 0.05) is 12.6 Å². The van der Waals surface area contributed by atoms with Gasteiger partial charge in [0.2, 0.25) is 5.91 Å². The van der Waals surface area contributed by atoms with E-state index in [4.69, 9.17) is 0 Å². The van der Waals surface area contributed by atoms with Crippen molar-refractivity contribution in [3.63, 3.8) is 0 Å². The van der Waals surface area contributed by atoms with Crippen molar-refractivity contribution >= 4 is 11.6 Å². The van der Waals surface area contributed by atoms with Crippen molar-refractivity contribution in [1.29, 1.82) is 0 Å². The van der Waals surface area contributed by atoms with Gasteiger partial charge in [0.25, 0.3) is 0 Å². The van der Waals surface area contributed by atoms with E-state index in [0.717, 1.165) is 24.2 Å². The number of piperidine rings is 1. The van der Waals surface area contributed by atoms with E-state index in [1.54, 1.807) is 6.08 Å². The van der Waals surface area contributed by atoms with Gasteiger partial charge in [-0.05, 0) is 24.8 Å². The molecule has 3 nitrogen and oxygen atoms in total. The van der Waals surface area contributed by atoms with Gasteiger partial charge in [-0.3, -0.25) is 4.79 Å². The molecule has 1 aromatic carbocycles. The number of carbonyl (C=O) groups is 1. The van der Waals surface area contributed by atoms with Gasteiger partial charge in [0.1, 0.15) is 6.17 Å². The van der Waals surface area contributed by atoms with Crippen LogP contribution in [0.4, 0.5) is 0 Å². The van der Waals surface area contributed by atoms with Crippen molar-refractivity contribution in [2.75, 3.05) is 6.54 Å². The van der Waals surface area contributed by atoms with Gasteiger partial charge in [-0.1, -0.05) is 30.3 Å². The highest BCUT2D eigenvalue weighted by molar-refractivity contribution is 5.96. The molecule has 0 saturated carbocycles. The zero-order valence-corrected chi connectivity index (χ0v) is 9.73. The number of hydrogen-bond donors (Lipinski definition) is 1. The summed E-state index contributed by atoms with van der Waals surface area (Å²) in [4.78, 5) is 14.0.